The van der Waals surface area contributed by atoms with Crippen molar-refractivity contribution < 1.29 is 9.53 Å². The lowest BCUT2D eigenvalue weighted by atomic mass is 9.98. The Morgan fingerprint density at radius 1 is 0.929 bits per heavy atom. The zero-order chi connectivity index (χ0) is 19.5. The van der Waals surface area contributed by atoms with Gasteiger partial charge in [0, 0.05) is 4.47 Å². The Kier molecular flexibility index (Phi) is 5.60. The van der Waals surface area contributed by atoms with E-state index in [-0.39, 0.29) is 24.1 Å². The van der Waals surface area contributed by atoms with Crippen LogP contribution in [-0.4, -0.2) is 23.5 Å². The van der Waals surface area contributed by atoms with Gasteiger partial charge in [-0.3, -0.25) is 9.69 Å². The van der Waals surface area contributed by atoms with Crippen LogP contribution in [0.5, 0.6) is 0 Å². The van der Waals surface area contributed by atoms with E-state index in [0.29, 0.717) is 6.61 Å². The molecule has 28 heavy (non-hydrogen) atoms. The van der Waals surface area contributed by atoms with Crippen molar-refractivity contribution in [3.8, 4) is 0 Å². The predicted octanol–water partition coefficient (Wildman–Crippen LogP) is 5.53. The highest BCUT2D eigenvalue weighted by Crippen LogP contribution is 2.52. The Morgan fingerprint density at radius 2 is 1.46 bits per heavy atom. The normalized spacial score (nSPS) is 20.8. The van der Waals surface area contributed by atoms with Crippen LogP contribution in [0.3, 0.4) is 0 Å². The summed E-state index contributed by atoms with van der Waals surface area (Å²) in [5.74, 6) is -0.160. The summed E-state index contributed by atoms with van der Waals surface area (Å²) >= 11 is 3.50. The molecule has 3 atom stereocenters. The summed E-state index contributed by atoms with van der Waals surface area (Å²) in [5, 5.41) is 0. The van der Waals surface area contributed by atoms with Crippen LogP contribution in [-0.2, 0) is 9.53 Å². The summed E-state index contributed by atoms with van der Waals surface area (Å²) in [4.78, 5) is 15.0. The molecule has 0 N–H and O–H groups in total. The summed E-state index contributed by atoms with van der Waals surface area (Å²) in [7, 11) is 0. The quantitative estimate of drug-likeness (QED) is 0.376. The van der Waals surface area contributed by atoms with Crippen LogP contribution in [0.1, 0.15) is 35.7 Å². The SMILES string of the molecule is CCOC(=O)[C@@H]1[C@H](c2ccc(Br)cc2)N1C(c1ccccc1)c1ccccc1. The molecule has 1 aliphatic heterocycles. The number of halogens is 1. The minimum absolute atomic E-state index is 0.00226. The second-order valence-electron chi connectivity index (χ2n) is 6.86. The van der Waals surface area contributed by atoms with Gasteiger partial charge >= 0.3 is 5.97 Å². The maximum Gasteiger partial charge on any atom is 0.325 e. The van der Waals surface area contributed by atoms with E-state index in [2.05, 4.69) is 57.2 Å². The van der Waals surface area contributed by atoms with Crippen LogP contribution < -0.4 is 0 Å². The first-order valence-corrected chi connectivity index (χ1v) is 10.3. The molecule has 3 aromatic carbocycles. The number of rotatable bonds is 6. The molecular formula is C24H22BrNO2. The maximum atomic E-state index is 12.8. The van der Waals surface area contributed by atoms with Gasteiger partial charge in [0.05, 0.1) is 18.7 Å². The second kappa shape index (κ2) is 8.29. The Bertz CT molecular complexity index is 888. The fraction of sp³-hybridized carbons (Fsp3) is 0.208. The van der Waals surface area contributed by atoms with E-state index < -0.39 is 0 Å². The minimum Gasteiger partial charge on any atom is -0.465 e. The number of ether oxygens (including phenoxy) is 1. The van der Waals surface area contributed by atoms with Gasteiger partial charge in [0.25, 0.3) is 0 Å². The average Bonchev–Trinajstić information content (AvgIpc) is 3.46. The van der Waals surface area contributed by atoms with Crippen LogP contribution >= 0.6 is 15.9 Å². The van der Waals surface area contributed by atoms with E-state index in [1.54, 1.807) is 0 Å². The lowest BCUT2D eigenvalue weighted by Gasteiger charge is -2.21. The van der Waals surface area contributed by atoms with E-state index in [0.717, 1.165) is 10.0 Å². The van der Waals surface area contributed by atoms with Crippen molar-refractivity contribution in [2.45, 2.75) is 25.0 Å². The Hall–Kier alpha value is -2.43. The fourth-order valence-electron chi connectivity index (χ4n) is 3.87. The molecule has 0 amide bonds. The lowest BCUT2D eigenvalue weighted by molar-refractivity contribution is -0.143. The van der Waals surface area contributed by atoms with Crippen molar-refractivity contribution in [1.29, 1.82) is 0 Å². The molecule has 142 valence electrons. The second-order valence-corrected chi connectivity index (χ2v) is 7.78. The monoisotopic (exact) mass is 435 g/mol. The van der Waals surface area contributed by atoms with E-state index in [4.69, 9.17) is 4.74 Å². The molecule has 0 aromatic heterocycles. The topological polar surface area (TPSA) is 29.3 Å². The van der Waals surface area contributed by atoms with E-state index in [1.807, 2.05) is 55.5 Å². The molecular weight excluding hydrogens is 414 g/mol. The van der Waals surface area contributed by atoms with Gasteiger partial charge in [-0.25, -0.2) is 0 Å². The third kappa shape index (κ3) is 3.75. The molecule has 1 heterocycles. The van der Waals surface area contributed by atoms with E-state index >= 15 is 0 Å². The molecule has 0 aliphatic carbocycles. The number of benzene rings is 3. The van der Waals surface area contributed by atoms with Gasteiger partial charge in [-0.2, -0.15) is 0 Å². The highest BCUT2D eigenvalue weighted by molar-refractivity contribution is 9.10. The Balaban J connectivity index is 1.76. The summed E-state index contributed by atoms with van der Waals surface area (Å²) in [6.45, 7) is 2.24. The van der Waals surface area contributed by atoms with Crippen LogP contribution in [0.4, 0.5) is 0 Å². The van der Waals surface area contributed by atoms with Crippen LogP contribution in [0.25, 0.3) is 0 Å². The Labute approximate surface area is 174 Å². The first kappa shape index (κ1) is 18.9. The standard InChI is InChI=1S/C24H22BrNO2/c1-2-28-24(27)23-22(19-13-15-20(25)16-14-19)26(23)21(17-9-5-3-6-10-17)18-11-7-4-8-12-18/h3-16,21-23H,2H2,1H3/t22-,23-,26?/m0/s1. The third-order valence-electron chi connectivity index (χ3n) is 5.12. The summed E-state index contributed by atoms with van der Waals surface area (Å²) in [5.41, 5.74) is 3.46. The van der Waals surface area contributed by atoms with Crippen LogP contribution in [0.2, 0.25) is 0 Å². The Morgan fingerprint density at radius 3 is 1.96 bits per heavy atom. The molecule has 0 radical (unpaired) electrons. The average molecular weight is 436 g/mol. The number of hydrogen-bond acceptors (Lipinski definition) is 3. The van der Waals surface area contributed by atoms with Crippen molar-refractivity contribution in [2.24, 2.45) is 0 Å². The molecule has 1 aliphatic rings. The summed E-state index contributed by atoms with van der Waals surface area (Å²) in [6, 6.07) is 28.6. The number of carbonyl (C=O) groups excluding carboxylic acids is 1. The zero-order valence-corrected chi connectivity index (χ0v) is 17.2. The van der Waals surface area contributed by atoms with Gasteiger partial charge in [-0.1, -0.05) is 88.7 Å². The van der Waals surface area contributed by atoms with Crippen LogP contribution in [0, 0.1) is 0 Å². The summed E-state index contributed by atoms with van der Waals surface area (Å²) in [6.07, 6.45) is 0. The largest absolute Gasteiger partial charge is 0.465 e. The molecule has 4 heteroatoms. The molecule has 3 nitrogen and oxygen atoms in total. The van der Waals surface area contributed by atoms with Crippen molar-refractivity contribution in [1.82, 2.24) is 4.90 Å². The first-order valence-electron chi connectivity index (χ1n) is 9.50. The van der Waals surface area contributed by atoms with E-state index in [1.165, 1.54) is 11.1 Å². The maximum absolute atomic E-state index is 12.8. The fourth-order valence-corrected chi connectivity index (χ4v) is 4.13. The molecule has 3 aromatic rings. The van der Waals surface area contributed by atoms with Gasteiger partial charge in [0.1, 0.15) is 6.04 Å². The number of nitrogens with zero attached hydrogens (tertiary/aromatic N) is 1. The third-order valence-corrected chi connectivity index (χ3v) is 5.65. The van der Waals surface area contributed by atoms with Gasteiger partial charge in [-0.15, -0.1) is 0 Å². The minimum atomic E-state index is -0.286. The highest BCUT2D eigenvalue weighted by atomic mass is 79.9. The molecule has 0 spiro atoms. The van der Waals surface area contributed by atoms with Gasteiger partial charge < -0.3 is 4.74 Å². The predicted molar refractivity (Wildman–Crippen MR) is 114 cm³/mol. The van der Waals surface area contributed by atoms with Crippen molar-refractivity contribution in [3.05, 3.63) is 106 Å². The first-order chi connectivity index (χ1) is 13.7. The van der Waals surface area contributed by atoms with Crippen molar-refractivity contribution in [2.75, 3.05) is 6.61 Å². The van der Waals surface area contributed by atoms with Gasteiger partial charge in [-0.05, 0) is 35.7 Å². The highest BCUT2D eigenvalue weighted by Gasteiger charge is 2.57. The number of hydrogen-bond donors (Lipinski definition) is 0. The zero-order valence-electron chi connectivity index (χ0n) is 15.7. The molecule has 1 unspecified atom stereocenters. The molecule has 4 rings (SSSR count). The van der Waals surface area contributed by atoms with Crippen molar-refractivity contribution >= 4 is 21.9 Å². The van der Waals surface area contributed by atoms with E-state index in [9.17, 15) is 4.79 Å². The molecule has 0 saturated carbocycles. The lowest BCUT2D eigenvalue weighted by Crippen LogP contribution is -2.20. The molecule has 1 fully saturated rings. The number of carbonyl (C=O) groups is 1. The van der Waals surface area contributed by atoms with Gasteiger partial charge in [0.2, 0.25) is 0 Å². The molecule has 1 saturated heterocycles. The number of esters is 1. The summed E-state index contributed by atoms with van der Waals surface area (Å²) < 4.78 is 6.43. The van der Waals surface area contributed by atoms with Crippen molar-refractivity contribution in [3.63, 3.8) is 0 Å². The smallest absolute Gasteiger partial charge is 0.325 e. The van der Waals surface area contributed by atoms with Crippen LogP contribution in [0.15, 0.2) is 89.4 Å². The van der Waals surface area contributed by atoms with Gasteiger partial charge in [0.15, 0.2) is 0 Å². The molecule has 0 bridgehead atoms.